The zero-order valence-electron chi connectivity index (χ0n) is 16.4. The number of hydrogen-bond donors (Lipinski definition) is 2. The molecule has 7 heteroatoms. The van der Waals surface area contributed by atoms with E-state index in [0.717, 1.165) is 20.9 Å². The van der Waals surface area contributed by atoms with E-state index in [0.29, 0.717) is 16.9 Å². The summed E-state index contributed by atoms with van der Waals surface area (Å²) < 4.78 is 14.1. The lowest BCUT2D eigenvalue weighted by Crippen LogP contribution is -2.22. The van der Waals surface area contributed by atoms with Gasteiger partial charge in [0.15, 0.2) is 0 Å². The number of nitrogens with two attached hydrogens (primary N) is 1. The van der Waals surface area contributed by atoms with Crippen LogP contribution in [0, 0.1) is 24.1 Å². The van der Waals surface area contributed by atoms with E-state index >= 15 is 0 Å². The summed E-state index contributed by atoms with van der Waals surface area (Å²) in [5, 5.41) is 18.8. The van der Waals surface area contributed by atoms with Crippen LogP contribution in [-0.4, -0.2) is 28.5 Å². The maximum atomic E-state index is 14.1. The average Bonchev–Trinajstić information content (AvgIpc) is 3.04. The molecular formula is C22H21FN4OS. The summed E-state index contributed by atoms with van der Waals surface area (Å²) >= 11 is 1.57. The molecule has 0 spiro atoms. The number of aliphatic imine (C=N–C) groups is 1. The number of nitrogen functional groups attached to an aromatic ring is 1. The van der Waals surface area contributed by atoms with Crippen LogP contribution in [0.15, 0.2) is 41.5 Å². The van der Waals surface area contributed by atoms with Gasteiger partial charge >= 0.3 is 0 Å². The first kappa shape index (κ1) is 20.6. The maximum Gasteiger partial charge on any atom is 0.141 e. The first-order chi connectivity index (χ1) is 13.7. The van der Waals surface area contributed by atoms with Crippen molar-refractivity contribution in [3.05, 3.63) is 58.3 Å². The Morgan fingerprint density at radius 1 is 1.31 bits per heavy atom. The van der Waals surface area contributed by atoms with Crippen LogP contribution in [0.2, 0.25) is 0 Å². The fourth-order valence-corrected chi connectivity index (χ4v) is 3.82. The molecule has 29 heavy (non-hydrogen) atoms. The number of anilines is 1. The predicted molar refractivity (Wildman–Crippen MR) is 116 cm³/mol. The zero-order chi connectivity index (χ0) is 21.2. The highest BCUT2D eigenvalue weighted by Crippen LogP contribution is 2.39. The minimum atomic E-state index is -0.909. The van der Waals surface area contributed by atoms with E-state index in [1.807, 2.05) is 25.1 Å². The van der Waals surface area contributed by atoms with Crippen LogP contribution < -0.4 is 5.73 Å². The number of hydrogen-bond acceptors (Lipinski definition) is 6. The second kappa shape index (κ2) is 8.11. The number of aromatic nitrogens is 1. The second-order valence-corrected chi connectivity index (χ2v) is 8.64. The predicted octanol–water partition coefficient (Wildman–Crippen LogP) is 4.57. The molecule has 3 aromatic rings. The summed E-state index contributed by atoms with van der Waals surface area (Å²) in [6, 6.07) is 10.3. The summed E-state index contributed by atoms with van der Waals surface area (Å²) in [7, 11) is 0. The number of thiophene rings is 1. The molecular weight excluding hydrogens is 387 g/mol. The molecule has 0 unspecified atom stereocenters. The first-order valence-corrected chi connectivity index (χ1v) is 9.78. The van der Waals surface area contributed by atoms with Crippen LogP contribution in [0.5, 0.6) is 0 Å². The van der Waals surface area contributed by atoms with Crippen LogP contribution in [0.1, 0.15) is 29.9 Å². The van der Waals surface area contributed by atoms with Gasteiger partial charge < -0.3 is 10.8 Å². The Labute approximate surface area is 173 Å². The van der Waals surface area contributed by atoms with E-state index in [9.17, 15) is 9.50 Å². The van der Waals surface area contributed by atoms with Crippen LogP contribution in [0.25, 0.3) is 21.6 Å². The Balaban J connectivity index is 2.03. The largest absolute Gasteiger partial charge is 0.389 e. The first-order valence-electron chi connectivity index (χ1n) is 8.96. The molecule has 0 saturated carbocycles. The van der Waals surface area contributed by atoms with Crippen molar-refractivity contribution in [1.82, 2.24) is 4.98 Å². The Kier molecular flexibility index (Phi) is 5.78. The number of pyridine rings is 1. The highest BCUT2D eigenvalue weighted by atomic mass is 32.1. The van der Waals surface area contributed by atoms with Gasteiger partial charge in [0.25, 0.3) is 0 Å². The number of nitriles is 1. The van der Waals surface area contributed by atoms with Crippen LogP contribution in [-0.2, 0) is 0 Å². The molecule has 3 N–H and O–H groups in total. The molecule has 0 amide bonds. The van der Waals surface area contributed by atoms with Gasteiger partial charge in [-0.3, -0.25) is 4.99 Å². The molecule has 148 valence electrons. The third-order valence-corrected chi connectivity index (χ3v) is 5.28. The van der Waals surface area contributed by atoms with Crippen LogP contribution >= 0.6 is 11.3 Å². The van der Waals surface area contributed by atoms with E-state index in [1.165, 1.54) is 12.1 Å². The highest BCUT2D eigenvalue weighted by molar-refractivity contribution is 7.16. The summed E-state index contributed by atoms with van der Waals surface area (Å²) in [5.41, 5.74) is 8.12. The summed E-state index contributed by atoms with van der Waals surface area (Å²) in [6.07, 6.45) is 3.28. The summed E-state index contributed by atoms with van der Waals surface area (Å²) in [5.74, 6) is -0.206. The molecule has 0 radical (unpaired) electrons. The number of benzene rings is 1. The number of nitrogens with zero attached hydrogens (tertiary/aromatic N) is 3. The van der Waals surface area contributed by atoms with Gasteiger partial charge in [0.2, 0.25) is 0 Å². The number of rotatable bonds is 5. The van der Waals surface area contributed by atoms with Gasteiger partial charge in [-0.15, -0.1) is 11.3 Å². The smallest absolute Gasteiger partial charge is 0.141 e. The standard InChI is InChI=1S/C22H21FN4OS/c1-13-6-18(14-4-5-15(9-24)19(23)8-14)20(29-13)16-7-17(21(25)27-11-16)10-26-12-22(2,3)28/h4-8,10-11,28H,12H2,1-3H3,(H2,25,27). The van der Waals surface area contributed by atoms with Crippen molar-refractivity contribution in [3.63, 3.8) is 0 Å². The lowest BCUT2D eigenvalue weighted by molar-refractivity contribution is 0.0906. The minimum Gasteiger partial charge on any atom is -0.389 e. The van der Waals surface area contributed by atoms with Crippen molar-refractivity contribution in [1.29, 1.82) is 5.26 Å². The van der Waals surface area contributed by atoms with Gasteiger partial charge in [-0.25, -0.2) is 9.37 Å². The van der Waals surface area contributed by atoms with Crippen molar-refractivity contribution >= 4 is 23.4 Å². The fourth-order valence-electron chi connectivity index (χ4n) is 2.80. The van der Waals surface area contributed by atoms with Gasteiger partial charge in [-0.2, -0.15) is 5.26 Å². The van der Waals surface area contributed by atoms with Crippen molar-refractivity contribution in [2.75, 3.05) is 12.3 Å². The van der Waals surface area contributed by atoms with E-state index in [2.05, 4.69) is 9.98 Å². The second-order valence-electron chi connectivity index (χ2n) is 7.39. The quantitative estimate of drug-likeness (QED) is 0.605. The fraction of sp³-hybridized carbons (Fsp3) is 0.227. The molecule has 0 fully saturated rings. The number of aryl methyl sites for hydroxylation is 1. The normalized spacial score (nSPS) is 11.7. The molecule has 1 aromatic carbocycles. The van der Waals surface area contributed by atoms with Crippen LogP contribution in [0.4, 0.5) is 10.2 Å². The van der Waals surface area contributed by atoms with Crippen molar-refractivity contribution < 1.29 is 9.50 Å². The van der Waals surface area contributed by atoms with E-state index in [1.54, 1.807) is 43.7 Å². The molecule has 0 aliphatic carbocycles. The van der Waals surface area contributed by atoms with Gasteiger partial charge in [-0.05, 0) is 50.6 Å². The lowest BCUT2D eigenvalue weighted by atomic mass is 10.0. The van der Waals surface area contributed by atoms with E-state index in [-0.39, 0.29) is 12.1 Å². The molecule has 5 nitrogen and oxygen atoms in total. The highest BCUT2D eigenvalue weighted by Gasteiger charge is 2.15. The SMILES string of the molecule is Cc1cc(-c2ccc(C#N)c(F)c2)c(-c2cnc(N)c(C=NCC(C)(C)O)c2)s1. The van der Waals surface area contributed by atoms with E-state index < -0.39 is 11.4 Å². The Bertz CT molecular complexity index is 1120. The monoisotopic (exact) mass is 408 g/mol. The summed E-state index contributed by atoms with van der Waals surface area (Å²) in [6.45, 7) is 5.58. The molecule has 2 aromatic heterocycles. The summed E-state index contributed by atoms with van der Waals surface area (Å²) in [4.78, 5) is 10.5. The Morgan fingerprint density at radius 3 is 2.72 bits per heavy atom. The van der Waals surface area contributed by atoms with Gasteiger partial charge in [-0.1, -0.05) is 6.07 Å². The van der Waals surface area contributed by atoms with Gasteiger partial charge in [0.05, 0.1) is 17.7 Å². The third-order valence-electron chi connectivity index (χ3n) is 4.18. The average molecular weight is 409 g/mol. The molecule has 0 bridgehead atoms. The molecule has 0 saturated heterocycles. The number of aliphatic hydroxyl groups is 1. The molecule has 3 rings (SSSR count). The van der Waals surface area contributed by atoms with Crippen molar-refractivity contribution in [3.8, 4) is 27.6 Å². The van der Waals surface area contributed by atoms with E-state index in [4.69, 9.17) is 11.0 Å². The molecule has 0 aliphatic rings. The zero-order valence-corrected chi connectivity index (χ0v) is 17.2. The number of halogens is 1. The molecule has 2 heterocycles. The third kappa shape index (κ3) is 4.86. The van der Waals surface area contributed by atoms with Gasteiger partial charge in [0, 0.05) is 38.9 Å². The Hall–Kier alpha value is -3.08. The maximum absolute atomic E-state index is 14.1. The van der Waals surface area contributed by atoms with Crippen molar-refractivity contribution in [2.24, 2.45) is 4.99 Å². The topological polar surface area (TPSA) is 95.3 Å². The van der Waals surface area contributed by atoms with Crippen LogP contribution in [0.3, 0.4) is 0 Å². The minimum absolute atomic E-state index is 0.0155. The van der Waals surface area contributed by atoms with Crippen molar-refractivity contribution in [2.45, 2.75) is 26.4 Å². The van der Waals surface area contributed by atoms with Gasteiger partial charge in [0.1, 0.15) is 17.7 Å². The molecule has 0 atom stereocenters. The molecule has 0 aliphatic heterocycles. The Morgan fingerprint density at radius 2 is 2.07 bits per heavy atom. The lowest BCUT2D eigenvalue weighted by Gasteiger charge is -2.13.